The summed E-state index contributed by atoms with van der Waals surface area (Å²) in [5.74, 6) is 0.460. The summed E-state index contributed by atoms with van der Waals surface area (Å²) in [5.41, 5.74) is 0.898. The molecular weight excluding hydrogens is 170 g/mol. The average Bonchev–Trinajstić information content (AvgIpc) is 2.37. The zero-order valence-electron chi connectivity index (χ0n) is 5.38. The predicted molar refractivity (Wildman–Crippen MR) is 42.5 cm³/mol. The van der Waals surface area contributed by atoms with Gasteiger partial charge in [-0.15, -0.1) is 22.9 Å². The van der Waals surface area contributed by atoms with Crippen LogP contribution in [0.5, 0.6) is 0 Å². The summed E-state index contributed by atoms with van der Waals surface area (Å²) in [6.45, 7) is 0.162. The van der Waals surface area contributed by atoms with E-state index in [1.807, 2.05) is 5.38 Å². The number of nitrogens with zero attached hydrogens (tertiary/aromatic N) is 1. The monoisotopic (exact) mass is 177 g/mol. The Bertz CT molecular complexity index is 201. The van der Waals surface area contributed by atoms with E-state index < -0.39 is 0 Å². The molecule has 0 aliphatic carbocycles. The topological polar surface area (TPSA) is 33.1 Å². The molecule has 0 saturated carbocycles. The van der Waals surface area contributed by atoms with Gasteiger partial charge < -0.3 is 5.11 Å². The average molecular weight is 178 g/mol. The lowest BCUT2D eigenvalue weighted by Crippen LogP contribution is -1.89. The zero-order valence-corrected chi connectivity index (χ0v) is 6.95. The fraction of sp³-hybridized carbons (Fsp3) is 0.500. The Morgan fingerprint density at radius 3 is 3.00 bits per heavy atom. The molecule has 1 heterocycles. The van der Waals surface area contributed by atoms with Crippen molar-refractivity contribution in [2.24, 2.45) is 0 Å². The van der Waals surface area contributed by atoms with E-state index in [9.17, 15) is 0 Å². The summed E-state index contributed by atoms with van der Waals surface area (Å²) in [6.07, 6.45) is 0.640. The number of aromatic nitrogens is 1. The second-order valence-corrected chi connectivity index (χ2v) is 3.05. The van der Waals surface area contributed by atoms with Gasteiger partial charge in [-0.25, -0.2) is 4.98 Å². The SMILES string of the molecule is OCCc1nc(CCl)cs1. The van der Waals surface area contributed by atoms with Crippen LogP contribution in [0.15, 0.2) is 5.38 Å². The molecule has 1 rings (SSSR count). The van der Waals surface area contributed by atoms with Gasteiger partial charge in [0, 0.05) is 18.4 Å². The molecule has 2 nitrogen and oxygen atoms in total. The van der Waals surface area contributed by atoms with Crippen molar-refractivity contribution in [2.45, 2.75) is 12.3 Å². The van der Waals surface area contributed by atoms with Crippen LogP contribution < -0.4 is 0 Å². The Kier molecular flexibility index (Phi) is 3.12. The van der Waals surface area contributed by atoms with Gasteiger partial charge >= 0.3 is 0 Å². The van der Waals surface area contributed by atoms with Crippen molar-refractivity contribution in [3.63, 3.8) is 0 Å². The second kappa shape index (κ2) is 3.91. The largest absolute Gasteiger partial charge is 0.396 e. The van der Waals surface area contributed by atoms with E-state index in [2.05, 4.69) is 4.98 Å². The van der Waals surface area contributed by atoms with Crippen molar-refractivity contribution in [3.05, 3.63) is 16.1 Å². The van der Waals surface area contributed by atoms with Gasteiger partial charge in [-0.1, -0.05) is 0 Å². The minimum Gasteiger partial charge on any atom is -0.396 e. The molecule has 0 amide bonds. The van der Waals surface area contributed by atoms with Gasteiger partial charge in [0.2, 0.25) is 0 Å². The number of thiazole rings is 1. The maximum absolute atomic E-state index is 8.54. The minimum atomic E-state index is 0.162. The number of aliphatic hydroxyl groups excluding tert-OH is 1. The van der Waals surface area contributed by atoms with Gasteiger partial charge in [0.15, 0.2) is 0 Å². The fourth-order valence-electron chi connectivity index (χ4n) is 0.621. The minimum absolute atomic E-state index is 0.162. The lowest BCUT2D eigenvalue weighted by molar-refractivity contribution is 0.299. The first kappa shape index (κ1) is 7.98. The van der Waals surface area contributed by atoms with Crippen LogP contribution in [0.1, 0.15) is 10.7 Å². The lowest BCUT2D eigenvalue weighted by Gasteiger charge is -1.86. The predicted octanol–water partition coefficient (Wildman–Crippen LogP) is 1.42. The molecule has 0 aliphatic rings. The third-order valence-electron chi connectivity index (χ3n) is 1.06. The molecule has 1 aromatic heterocycles. The van der Waals surface area contributed by atoms with Crippen LogP contribution in [-0.4, -0.2) is 16.7 Å². The van der Waals surface area contributed by atoms with Gasteiger partial charge in [0.1, 0.15) is 0 Å². The standard InChI is InChI=1S/C6H8ClNOS/c7-3-5-4-10-6(8-5)1-2-9/h4,9H,1-3H2. The smallest absolute Gasteiger partial charge is 0.0951 e. The van der Waals surface area contributed by atoms with Crippen LogP contribution in [0.4, 0.5) is 0 Å². The number of hydrogen-bond acceptors (Lipinski definition) is 3. The summed E-state index contributed by atoms with van der Waals surface area (Å²) < 4.78 is 0. The Morgan fingerprint density at radius 2 is 2.50 bits per heavy atom. The van der Waals surface area contributed by atoms with E-state index in [0.29, 0.717) is 12.3 Å². The molecule has 0 fully saturated rings. The molecule has 0 aliphatic heterocycles. The van der Waals surface area contributed by atoms with Crippen molar-refractivity contribution in [1.82, 2.24) is 4.98 Å². The summed E-state index contributed by atoms with van der Waals surface area (Å²) in [4.78, 5) is 4.15. The molecule has 1 aromatic rings. The van der Waals surface area contributed by atoms with Crippen molar-refractivity contribution >= 4 is 22.9 Å². The first-order valence-electron chi connectivity index (χ1n) is 2.97. The summed E-state index contributed by atoms with van der Waals surface area (Å²) in [6, 6.07) is 0. The number of alkyl halides is 1. The zero-order chi connectivity index (χ0) is 7.40. The van der Waals surface area contributed by atoms with Crippen LogP contribution in [-0.2, 0) is 12.3 Å². The van der Waals surface area contributed by atoms with Gasteiger partial charge in [0.05, 0.1) is 16.6 Å². The third-order valence-corrected chi connectivity index (χ3v) is 2.29. The van der Waals surface area contributed by atoms with Crippen LogP contribution in [0.3, 0.4) is 0 Å². The Labute approximate surface area is 68.5 Å². The van der Waals surface area contributed by atoms with Crippen molar-refractivity contribution in [1.29, 1.82) is 0 Å². The second-order valence-electron chi connectivity index (χ2n) is 1.84. The maximum atomic E-state index is 8.54. The summed E-state index contributed by atoms with van der Waals surface area (Å²) in [7, 11) is 0. The van der Waals surface area contributed by atoms with E-state index in [4.69, 9.17) is 16.7 Å². The summed E-state index contributed by atoms with van der Waals surface area (Å²) >= 11 is 7.07. The molecule has 0 unspecified atom stereocenters. The van der Waals surface area contributed by atoms with E-state index >= 15 is 0 Å². The van der Waals surface area contributed by atoms with Crippen LogP contribution in [0.2, 0.25) is 0 Å². The first-order chi connectivity index (χ1) is 4.86. The Morgan fingerprint density at radius 1 is 1.70 bits per heavy atom. The van der Waals surface area contributed by atoms with Crippen LogP contribution in [0, 0.1) is 0 Å². The molecule has 0 atom stereocenters. The Balaban J connectivity index is 2.59. The van der Waals surface area contributed by atoms with Crippen LogP contribution >= 0.6 is 22.9 Å². The first-order valence-corrected chi connectivity index (χ1v) is 4.38. The van der Waals surface area contributed by atoms with E-state index in [-0.39, 0.29) is 6.61 Å². The highest BCUT2D eigenvalue weighted by molar-refractivity contribution is 7.09. The number of halogens is 1. The van der Waals surface area contributed by atoms with E-state index in [1.165, 1.54) is 0 Å². The number of rotatable bonds is 3. The van der Waals surface area contributed by atoms with Gasteiger partial charge in [-0.2, -0.15) is 0 Å². The van der Waals surface area contributed by atoms with Gasteiger partial charge in [-0.05, 0) is 0 Å². The van der Waals surface area contributed by atoms with Gasteiger partial charge in [0.25, 0.3) is 0 Å². The van der Waals surface area contributed by atoms with Crippen molar-refractivity contribution < 1.29 is 5.11 Å². The molecule has 4 heteroatoms. The van der Waals surface area contributed by atoms with Gasteiger partial charge in [-0.3, -0.25) is 0 Å². The highest BCUT2D eigenvalue weighted by atomic mass is 35.5. The highest BCUT2D eigenvalue weighted by Crippen LogP contribution is 2.11. The molecule has 1 N–H and O–H groups in total. The summed E-state index contributed by atoms with van der Waals surface area (Å²) in [5, 5.41) is 11.4. The molecule has 0 aromatic carbocycles. The van der Waals surface area contributed by atoms with E-state index in [1.54, 1.807) is 11.3 Å². The molecule has 0 saturated heterocycles. The van der Waals surface area contributed by atoms with Crippen molar-refractivity contribution in [3.8, 4) is 0 Å². The maximum Gasteiger partial charge on any atom is 0.0951 e. The number of hydrogen-bond donors (Lipinski definition) is 1. The van der Waals surface area contributed by atoms with E-state index in [0.717, 1.165) is 10.7 Å². The lowest BCUT2D eigenvalue weighted by atomic mass is 10.5. The third kappa shape index (κ3) is 1.94. The van der Waals surface area contributed by atoms with Crippen LogP contribution in [0.25, 0.3) is 0 Å². The molecule has 0 bridgehead atoms. The molecular formula is C6H8ClNOS. The fourth-order valence-corrected chi connectivity index (χ4v) is 1.64. The highest BCUT2D eigenvalue weighted by Gasteiger charge is 1.98. The Hall–Kier alpha value is -0.120. The molecule has 10 heavy (non-hydrogen) atoms. The normalized spacial score (nSPS) is 10.2. The number of aliphatic hydroxyl groups is 1. The molecule has 0 radical (unpaired) electrons. The molecule has 0 spiro atoms. The quantitative estimate of drug-likeness (QED) is 0.709. The van der Waals surface area contributed by atoms with Crippen molar-refractivity contribution in [2.75, 3.05) is 6.61 Å². The molecule has 56 valence electrons.